The fraction of sp³-hybridized carbons (Fsp3) is 0.333. The fourth-order valence-corrected chi connectivity index (χ4v) is 2.77. The molecule has 1 saturated carbocycles. The molecule has 20 heavy (non-hydrogen) atoms. The van der Waals surface area contributed by atoms with Crippen molar-refractivity contribution in [3.05, 3.63) is 64.2 Å². The predicted molar refractivity (Wildman–Crippen MR) is 86.5 cm³/mol. The average molecular weight is 286 g/mol. The molecule has 104 valence electrons. The Labute approximate surface area is 126 Å². The Morgan fingerprint density at radius 3 is 2.40 bits per heavy atom. The van der Waals surface area contributed by atoms with Gasteiger partial charge in [0.15, 0.2) is 0 Å². The summed E-state index contributed by atoms with van der Waals surface area (Å²) < 4.78 is 0. The van der Waals surface area contributed by atoms with Gasteiger partial charge in [-0.05, 0) is 67.5 Å². The van der Waals surface area contributed by atoms with E-state index in [1.54, 1.807) is 0 Å². The van der Waals surface area contributed by atoms with Crippen LogP contribution in [0.2, 0.25) is 5.02 Å². The van der Waals surface area contributed by atoms with E-state index in [2.05, 4.69) is 49.5 Å². The van der Waals surface area contributed by atoms with E-state index < -0.39 is 0 Å². The van der Waals surface area contributed by atoms with Crippen molar-refractivity contribution in [2.45, 2.75) is 32.7 Å². The van der Waals surface area contributed by atoms with Crippen molar-refractivity contribution >= 4 is 17.3 Å². The Hall–Kier alpha value is -1.47. The summed E-state index contributed by atoms with van der Waals surface area (Å²) >= 11 is 6.00. The predicted octanol–water partition coefficient (Wildman–Crippen LogP) is 5.52. The van der Waals surface area contributed by atoms with Crippen molar-refractivity contribution < 1.29 is 0 Å². The van der Waals surface area contributed by atoms with Gasteiger partial charge in [0.05, 0.1) is 6.04 Å². The third kappa shape index (κ3) is 2.83. The minimum atomic E-state index is 0.396. The van der Waals surface area contributed by atoms with Gasteiger partial charge in [0.1, 0.15) is 0 Å². The zero-order valence-electron chi connectivity index (χ0n) is 12.0. The number of benzene rings is 2. The number of anilines is 1. The molecule has 0 spiro atoms. The van der Waals surface area contributed by atoms with Crippen LogP contribution < -0.4 is 5.32 Å². The van der Waals surface area contributed by atoms with Gasteiger partial charge in [0.2, 0.25) is 0 Å². The van der Waals surface area contributed by atoms with Crippen molar-refractivity contribution in [2.24, 2.45) is 5.92 Å². The Balaban J connectivity index is 1.88. The van der Waals surface area contributed by atoms with Crippen LogP contribution in [0, 0.1) is 19.8 Å². The Bertz CT molecular complexity index is 599. The number of aryl methyl sites for hydroxylation is 1. The maximum Gasteiger partial charge on any atom is 0.0542 e. The standard InChI is InChI=1S/C18H20ClN/c1-12-4-3-5-17(13(12)2)20-18(14-6-7-14)15-8-10-16(19)11-9-15/h3-5,8-11,14,18,20H,6-7H2,1-2H3. The second kappa shape index (κ2) is 5.49. The van der Waals surface area contributed by atoms with Gasteiger partial charge in [-0.2, -0.15) is 0 Å². The van der Waals surface area contributed by atoms with E-state index in [0.717, 1.165) is 10.9 Å². The summed E-state index contributed by atoms with van der Waals surface area (Å²) in [5.74, 6) is 0.746. The first-order valence-corrected chi connectivity index (χ1v) is 7.61. The van der Waals surface area contributed by atoms with Crippen LogP contribution in [0.3, 0.4) is 0 Å². The van der Waals surface area contributed by atoms with Gasteiger partial charge in [0, 0.05) is 10.7 Å². The highest BCUT2D eigenvalue weighted by Gasteiger charge is 2.32. The number of nitrogens with one attached hydrogen (secondary N) is 1. The van der Waals surface area contributed by atoms with E-state index in [0.29, 0.717) is 6.04 Å². The van der Waals surface area contributed by atoms with Crippen LogP contribution in [-0.2, 0) is 0 Å². The van der Waals surface area contributed by atoms with Crippen LogP contribution in [-0.4, -0.2) is 0 Å². The molecule has 3 rings (SSSR count). The van der Waals surface area contributed by atoms with E-state index in [4.69, 9.17) is 11.6 Å². The Kier molecular flexibility index (Phi) is 3.71. The van der Waals surface area contributed by atoms with Gasteiger partial charge < -0.3 is 5.32 Å². The topological polar surface area (TPSA) is 12.0 Å². The monoisotopic (exact) mass is 285 g/mol. The minimum Gasteiger partial charge on any atom is -0.378 e. The van der Waals surface area contributed by atoms with Crippen molar-refractivity contribution in [1.29, 1.82) is 0 Å². The lowest BCUT2D eigenvalue weighted by molar-refractivity contribution is 0.678. The minimum absolute atomic E-state index is 0.396. The Morgan fingerprint density at radius 1 is 1.05 bits per heavy atom. The maximum atomic E-state index is 6.00. The van der Waals surface area contributed by atoms with Crippen molar-refractivity contribution in [1.82, 2.24) is 0 Å². The highest BCUT2D eigenvalue weighted by Crippen LogP contribution is 2.43. The number of halogens is 1. The Morgan fingerprint density at radius 2 is 1.75 bits per heavy atom. The quantitative estimate of drug-likeness (QED) is 0.780. The molecule has 2 aromatic rings. The molecule has 1 nitrogen and oxygen atoms in total. The van der Waals surface area contributed by atoms with Crippen molar-refractivity contribution in [3.8, 4) is 0 Å². The van der Waals surface area contributed by atoms with Crippen LogP contribution in [0.25, 0.3) is 0 Å². The van der Waals surface area contributed by atoms with Gasteiger partial charge in [0.25, 0.3) is 0 Å². The van der Waals surface area contributed by atoms with Gasteiger partial charge >= 0.3 is 0 Å². The van der Waals surface area contributed by atoms with E-state index in [1.807, 2.05) is 12.1 Å². The zero-order chi connectivity index (χ0) is 14.1. The molecule has 0 radical (unpaired) electrons. The molecule has 0 heterocycles. The summed E-state index contributed by atoms with van der Waals surface area (Å²) in [7, 11) is 0. The summed E-state index contributed by atoms with van der Waals surface area (Å²) in [4.78, 5) is 0. The van der Waals surface area contributed by atoms with Gasteiger partial charge in [-0.1, -0.05) is 35.9 Å². The summed E-state index contributed by atoms with van der Waals surface area (Å²) in [5.41, 5.74) is 5.25. The first-order chi connectivity index (χ1) is 9.65. The lowest BCUT2D eigenvalue weighted by Gasteiger charge is -2.22. The lowest BCUT2D eigenvalue weighted by atomic mass is 10.0. The van der Waals surface area contributed by atoms with Crippen LogP contribution in [0.1, 0.15) is 35.6 Å². The molecular formula is C18H20ClN. The van der Waals surface area contributed by atoms with Crippen LogP contribution >= 0.6 is 11.6 Å². The molecule has 2 heteroatoms. The smallest absolute Gasteiger partial charge is 0.0542 e. The van der Waals surface area contributed by atoms with Crippen molar-refractivity contribution in [3.63, 3.8) is 0 Å². The molecule has 1 fully saturated rings. The molecule has 0 aromatic heterocycles. The van der Waals surface area contributed by atoms with Crippen molar-refractivity contribution in [2.75, 3.05) is 5.32 Å². The summed E-state index contributed by atoms with van der Waals surface area (Å²) in [6.07, 6.45) is 2.62. The van der Waals surface area contributed by atoms with Crippen LogP contribution in [0.4, 0.5) is 5.69 Å². The highest BCUT2D eigenvalue weighted by atomic mass is 35.5. The van der Waals surface area contributed by atoms with Gasteiger partial charge in [-0.15, -0.1) is 0 Å². The number of hydrogen-bond acceptors (Lipinski definition) is 1. The van der Waals surface area contributed by atoms with E-state index in [9.17, 15) is 0 Å². The lowest BCUT2D eigenvalue weighted by Crippen LogP contribution is -2.13. The largest absolute Gasteiger partial charge is 0.378 e. The highest BCUT2D eigenvalue weighted by molar-refractivity contribution is 6.30. The number of hydrogen-bond donors (Lipinski definition) is 1. The zero-order valence-corrected chi connectivity index (χ0v) is 12.7. The molecule has 0 amide bonds. The molecule has 0 saturated heterocycles. The van der Waals surface area contributed by atoms with Crippen LogP contribution in [0.15, 0.2) is 42.5 Å². The summed E-state index contributed by atoms with van der Waals surface area (Å²) in [5, 5.41) is 4.54. The van der Waals surface area contributed by atoms with Crippen LogP contribution in [0.5, 0.6) is 0 Å². The third-order valence-electron chi connectivity index (χ3n) is 4.24. The molecule has 1 unspecified atom stereocenters. The van der Waals surface area contributed by atoms with E-state index >= 15 is 0 Å². The number of rotatable bonds is 4. The summed E-state index contributed by atoms with van der Waals surface area (Å²) in [6.45, 7) is 4.35. The first kappa shape index (κ1) is 13.5. The van der Waals surface area contributed by atoms with Gasteiger partial charge in [-0.25, -0.2) is 0 Å². The average Bonchev–Trinajstić information content (AvgIpc) is 3.26. The molecule has 1 aliphatic rings. The molecule has 1 aliphatic carbocycles. The molecule has 1 N–H and O–H groups in total. The normalized spacial score (nSPS) is 15.9. The van der Waals surface area contributed by atoms with Gasteiger partial charge in [-0.3, -0.25) is 0 Å². The fourth-order valence-electron chi connectivity index (χ4n) is 2.65. The maximum absolute atomic E-state index is 6.00. The third-order valence-corrected chi connectivity index (χ3v) is 4.49. The molecule has 0 aliphatic heterocycles. The SMILES string of the molecule is Cc1cccc(NC(c2ccc(Cl)cc2)C2CC2)c1C. The second-order valence-electron chi connectivity index (χ2n) is 5.76. The second-order valence-corrected chi connectivity index (χ2v) is 6.19. The van der Waals surface area contributed by atoms with E-state index in [1.165, 1.54) is 35.2 Å². The molecular weight excluding hydrogens is 266 g/mol. The van der Waals surface area contributed by atoms with E-state index in [-0.39, 0.29) is 0 Å². The molecule has 2 aromatic carbocycles. The summed E-state index contributed by atoms with van der Waals surface area (Å²) in [6, 6.07) is 15.1. The first-order valence-electron chi connectivity index (χ1n) is 7.23. The molecule has 0 bridgehead atoms. The molecule has 1 atom stereocenters.